The molecule has 0 radical (unpaired) electrons. The summed E-state index contributed by atoms with van der Waals surface area (Å²) >= 11 is 1.52. The average molecular weight is 366 g/mol. The van der Waals surface area contributed by atoms with Crippen LogP contribution in [0.1, 0.15) is 31.9 Å². The molecular weight excluding hydrogens is 342 g/mol. The number of aromatic nitrogens is 1. The number of nitrogens with zero attached hydrogens (tertiary/aromatic N) is 2. The quantitative estimate of drug-likeness (QED) is 0.903. The summed E-state index contributed by atoms with van der Waals surface area (Å²) in [6, 6.07) is 6.76. The molecule has 24 heavy (non-hydrogen) atoms. The average Bonchev–Trinajstić information content (AvgIpc) is 3.01. The lowest BCUT2D eigenvalue weighted by molar-refractivity contribution is 0.227. The molecule has 2 N–H and O–H groups in total. The molecule has 5 nitrogen and oxygen atoms in total. The molecule has 130 valence electrons. The molecule has 7 heteroatoms. The zero-order valence-electron chi connectivity index (χ0n) is 14.0. The lowest BCUT2D eigenvalue weighted by Gasteiger charge is -2.36. The summed E-state index contributed by atoms with van der Waals surface area (Å²) < 4.78 is 27.9. The van der Waals surface area contributed by atoms with E-state index in [2.05, 4.69) is 4.98 Å². The van der Waals surface area contributed by atoms with E-state index < -0.39 is 10.0 Å². The molecule has 1 aromatic carbocycles. The Bertz CT molecular complexity index is 815. The lowest BCUT2D eigenvalue weighted by atomic mass is 10.00. The molecule has 1 saturated heterocycles. The van der Waals surface area contributed by atoms with Crippen LogP contribution in [0.4, 0.5) is 0 Å². The van der Waals surface area contributed by atoms with Crippen LogP contribution < -0.4 is 5.73 Å². The number of nitrogens with two attached hydrogens (primary N) is 1. The molecule has 2 aromatic rings. The minimum absolute atomic E-state index is 0.130. The molecule has 1 fully saturated rings. The van der Waals surface area contributed by atoms with Gasteiger partial charge in [0.1, 0.15) is 5.01 Å². The molecule has 2 heterocycles. The van der Waals surface area contributed by atoms with Crippen molar-refractivity contribution in [2.24, 2.45) is 5.73 Å². The van der Waals surface area contributed by atoms with Crippen molar-refractivity contribution in [3.63, 3.8) is 0 Å². The van der Waals surface area contributed by atoms with Crippen LogP contribution in [0.5, 0.6) is 0 Å². The molecule has 1 aromatic heterocycles. The van der Waals surface area contributed by atoms with Gasteiger partial charge in [-0.3, -0.25) is 0 Å². The zero-order chi connectivity index (χ0) is 17.3. The highest BCUT2D eigenvalue weighted by Gasteiger charge is 2.35. The minimum Gasteiger partial charge on any atom is -0.326 e. The maximum absolute atomic E-state index is 13.1. The largest absolute Gasteiger partial charge is 0.326 e. The fourth-order valence-corrected chi connectivity index (χ4v) is 5.78. The van der Waals surface area contributed by atoms with Crippen LogP contribution in [0.25, 0.3) is 10.6 Å². The van der Waals surface area contributed by atoms with Crippen molar-refractivity contribution in [2.75, 3.05) is 6.54 Å². The van der Waals surface area contributed by atoms with E-state index in [4.69, 9.17) is 5.73 Å². The van der Waals surface area contributed by atoms with Gasteiger partial charge in [0.05, 0.1) is 4.90 Å². The van der Waals surface area contributed by atoms with E-state index in [0.717, 1.165) is 35.5 Å². The second-order valence-electron chi connectivity index (χ2n) is 6.36. The van der Waals surface area contributed by atoms with Gasteiger partial charge in [-0.15, -0.1) is 11.3 Å². The standard InChI is InChI=1S/C17H23N3O2S2/c1-12-11-23-17(19-12)14-6-5-7-15(10-14)24(21,22)20-9-4-3-8-16(20)13(2)18/h5-7,10-11,13,16H,3-4,8-9,18H2,1-2H3. The number of sulfonamides is 1. The minimum atomic E-state index is -3.55. The first-order valence-electron chi connectivity index (χ1n) is 8.19. The fourth-order valence-electron chi connectivity index (χ4n) is 3.17. The van der Waals surface area contributed by atoms with E-state index in [1.54, 1.807) is 22.5 Å². The number of rotatable bonds is 4. The highest BCUT2D eigenvalue weighted by atomic mass is 32.2. The highest BCUT2D eigenvalue weighted by molar-refractivity contribution is 7.89. The molecule has 0 aliphatic carbocycles. The van der Waals surface area contributed by atoms with Gasteiger partial charge in [-0.1, -0.05) is 18.6 Å². The second kappa shape index (κ2) is 6.92. The van der Waals surface area contributed by atoms with Crippen molar-refractivity contribution in [1.82, 2.24) is 9.29 Å². The number of piperidine rings is 1. The Balaban J connectivity index is 1.97. The molecule has 0 spiro atoms. The van der Waals surface area contributed by atoms with Crippen molar-refractivity contribution < 1.29 is 8.42 Å². The van der Waals surface area contributed by atoms with Gasteiger partial charge in [-0.25, -0.2) is 13.4 Å². The number of thiazole rings is 1. The van der Waals surface area contributed by atoms with E-state index in [9.17, 15) is 8.42 Å². The van der Waals surface area contributed by atoms with Gasteiger partial charge in [0.2, 0.25) is 10.0 Å². The summed E-state index contributed by atoms with van der Waals surface area (Å²) in [5.74, 6) is 0. The van der Waals surface area contributed by atoms with E-state index in [1.165, 1.54) is 11.3 Å². The third-order valence-electron chi connectivity index (χ3n) is 4.41. The van der Waals surface area contributed by atoms with Gasteiger partial charge >= 0.3 is 0 Å². The summed E-state index contributed by atoms with van der Waals surface area (Å²) in [4.78, 5) is 4.77. The van der Waals surface area contributed by atoms with Gasteiger partial charge in [-0.05, 0) is 38.8 Å². The fraction of sp³-hybridized carbons (Fsp3) is 0.471. The maximum atomic E-state index is 13.1. The Hall–Kier alpha value is -1.28. The van der Waals surface area contributed by atoms with Crippen molar-refractivity contribution >= 4 is 21.4 Å². The first-order chi connectivity index (χ1) is 11.4. The molecule has 1 aliphatic heterocycles. The first kappa shape index (κ1) is 17.5. The van der Waals surface area contributed by atoms with Crippen LogP contribution in [0.2, 0.25) is 0 Å². The van der Waals surface area contributed by atoms with Crippen LogP contribution in [0.15, 0.2) is 34.5 Å². The predicted molar refractivity (Wildman–Crippen MR) is 97.5 cm³/mol. The maximum Gasteiger partial charge on any atom is 0.243 e. The first-order valence-corrected chi connectivity index (χ1v) is 10.5. The Morgan fingerprint density at radius 2 is 2.17 bits per heavy atom. The molecule has 0 saturated carbocycles. The summed E-state index contributed by atoms with van der Waals surface area (Å²) in [5.41, 5.74) is 7.82. The normalized spacial score (nSPS) is 20.9. The number of hydrogen-bond donors (Lipinski definition) is 1. The van der Waals surface area contributed by atoms with E-state index in [0.29, 0.717) is 11.4 Å². The van der Waals surface area contributed by atoms with Crippen LogP contribution in [0.3, 0.4) is 0 Å². The zero-order valence-corrected chi connectivity index (χ0v) is 15.6. The Morgan fingerprint density at radius 3 is 2.83 bits per heavy atom. The summed E-state index contributed by atoms with van der Waals surface area (Å²) in [5, 5.41) is 2.81. The number of benzene rings is 1. The monoisotopic (exact) mass is 365 g/mol. The van der Waals surface area contributed by atoms with Crippen molar-refractivity contribution in [2.45, 2.75) is 50.1 Å². The number of hydrogen-bond acceptors (Lipinski definition) is 5. The summed E-state index contributed by atoms with van der Waals surface area (Å²) in [6.45, 7) is 4.35. The van der Waals surface area contributed by atoms with E-state index >= 15 is 0 Å². The van der Waals surface area contributed by atoms with Crippen molar-refractivity contribution in [3.05, 3.63) is 35.3 Å². The van der Waals surface area contributed by atoms with E-state index in [1.807, 2.05) is 25.3 Å². The Kier molecular flexibility index (Phi) is 5.05. The molecule has 1 aliphatic rings. The molecule has 0 amide bonds. The van der Waals surface area contributed by atoms with Crippen molar-refractivity contribution in [1.29, 1.82) is 0 Å². The van der Waals surface area contributed by atoms with Crippen LogP contribution >= 0.6 is 11.3 Å². The van der Waals surface area contributed by atoms with Gasteiger partial charge < -0.3 is 5.73 Å². The third-order valence-corrected chi connectivity index (χ3v) is 7.34. The molecule has 3 rings (SSSR count). The highest BCUT2D eigenvalue weighted by Crippen LogP contribution is 2.30. The summed E-state index contributed by atoms with van der Waals surface area (Å²) in [6.07, 6.45) is 2.73. The molecular formula is C17H23N3O2S2. The van der Waals surface area contributed by atoms with Gasteiger partial charge in [0.25, 0.3) is 0 Å². The van der Waals surface area contributed by atoms with Gasteiger partial charge in [-0.2, -0.15) is 4.31 Å². The second-order valence-corrected chi connectivity index (χ2v) is 9.11. The van der Waals surface area contributed by atoms with Gasteiger partial charge in [0.15, 0.2) is 0 Å². The molecule has 2 unspecified atom stereocenters. The van der Waals surface area contributed by atoms with Crippen LogP contribution in [0, 0.1) is 6.92 Å². The van der Waals surface area contributed by atoms with E-state index in [-0.39, 0.29) is 12.1 Å². The SMILES string of the molecule is Cc1csc(-c2cccc(S(=O)(=O)N3CCCCC3C(C)N)c2)n1. The lowest BCUT2D eigenvalue weighted by Crippen LogP contribution is -2.51. The van der Waals surface area contributed by atoms with Gasteiger partial charge in [0, 0.05) is 35.3 Å². The predicted octanol–water partition coefficient (Wildman–Crippen LogP) is 3.01. The summed E-state index contributed by atoms with van der Waals surface area (Å²) in [7, 11) is -3.55. The number of aryl methyl sites for hydroxylation is 1. The topological polar surface area (TPSA) is 76.3 Å². The van der Waals surface area contributed by atoms with Crippen molar-refractivity contribution in [3.8, 4) is 10.6 Å². The Morgan fingerprint density at radius 1 is 1.38 bits per heavy atom. The Labute approximate surface area is 147 Å². The van der Waals surface area contributed by atoms with Crippen LogP contribution in [-0.2, 0) is 10.0 Å². The van der Waals surface area contributed by atoms with Crippen LogP contribution in [-0.4, -0.2) is 36.3 Å². The molecule has 0 bridgehead atoms. The smallest absolute Gasteiger partial charge is 0.243 e. The molecule has 2 atom stereocenters. The third kappa shape index (κ3) is 3.39.